The summed E-state index contributed by atoms with van der Waals surface area (Å²) in [5.41, 5.74) is 1.44. The molecule has 1 aromatic heterocycles. The molecular formula is C20H20N4O3. The number of para-hydroxylation sites is 2. The zero-order valence-electron chi connectivity index (χ0n) is 15.1. The van der Waals surface area contributed by atoms with E-state index in [1.807, 2.05) is 24.3 Å². The largest absolute Gasteiger partial charge is 0.496 e. The average Bonchev–Trinajstić information content (AvgIpc) is 2.73. The highest BCUT2D eigenvalue weighted by Gasteiger charge is 2.12. The molecule has 3 rings (SSSR count). The lowest BCUT2D eigenvalue weighted by molar-refractivity contribution is 0.102. The van der Waals surface area contributed by atoms with Crippen molar-refractivity contribution in [3.05, 3.63) is 71.8 Å². The van der Waals surface area contributed by atoms with E-state index in [1.54, 1.807) is 43.5 Å². The second-order valence-electron chi connectivity index (χ2n) is 5.62. The minimum absolute atomic E-state index is 0.309. The van der Waals surface area contributed by atoms with Crippen LogP contribution in [0.5, 0.6) is 11.5 Å². The molecule has 1 heterocycles. The first kappa shape index (κ1) is 18.2. The molecular weight excluding hydrogens is 344 g/mol. The number of amides is 1. The van der Waals surface area contributed by atoms with Crippen LogP contribution in [0.3, 0.4) is 0 Å². The number of aromatic nitrogens is 2. The number of anilines is 2. The molecule has 0 fully saturated rings. The van der Waals surface area contributed by atoms with Crippen molar-refractivity contribution in [2.24, 2.45) is 0 Å². The van der Waals surface area contributed by atoms with Crippen LogP contribution in [0.25, 0.3) is 0 Å². The Bertz CT molecular complexity index is 913. The first-order chi connectivity index (χ1) is 13.2. The monoisotopic (exact) mass is 364 g/mol. The lowest BCUT2D eigenvalue weighted by Crippen LogP contribution is -2.14. The molecule has 0 aliphatic carbocycles. The number of hydrogen-bond acceptors (Lipinski definition) is 6. The van der Waals surface area contributed by atoms with Crippen LogP contribution in [-0.4, -0.2) is 30.3 Å². The lowest BCUT2D eigenvalue weighted by Gasteiger charge is -2.10. The highest BCUT2D eigenvalue weighted by molar-refractivity contribution is 6.05. The van der Waals surface area contributed by atoms with Crippen LogP contribution >= 0.6 is 0 Å². The molecule has 0 spiro atoms. The van der Waals surface area contributed by atoms with Crippen LogP contribution in [-0.2, 0) is 6.54 Å². The second-order valence-corrected chi connectivity index (χ2v) is 5.62. The fraction of sp³-hybridized carbons (Fsp3) is 0.150. The Morgan fingerprint density at radius 2 is 1.48 bits per heavy atom. The van der Waals surface area contributed by atoms with Crippen LogP contribution in [0, 0.1) is 0 Å². The van der Waals surface area contributed by atoms with E-state index in [1.165, 1.54) is 7.11 Å². The van der Waals surface area contributed by atoms with Crippen molar-refractivity contribution in [2.45, 2.75) is 6.54 Å². The van der Waals surface area contributed by atoms with E-state index in [2.05, 4.69) is 20.8 Å². The molecule has 7 nitrogen and oxygen atoms in total. The van der Waals surface area contributed by atoms with Crippen LogP contribution < -0.4 is 20.1 Å². The summed E-state index contributed by atoms with van der Waals surface area (Å²) in [6.45, 7) is 0.547. The highest BCUT2D eigenvalue weighted by atomic mass is 16.5. The Hall–Kier alpha value is -3.61. The van der Waals surface area contributed by atoms with E-state index >= 15 is 0 Å². The predicted octanol–water partition coefficient (Wildman–Crippen LogP) is 3.36. The number of rotatable bonds is 7. The summed E-state index contributed by atoms with van der Waals surface area (Å²) in [6, 6.07) is 18.2. The topological polar surface area (TPSA) is 85.4 Å². The van der Waals surface area contributed by atoms with Gasteiger partial charge in [0, 0.05) is 12.1 Å². The van der Waals surface area contributed by atoms with Gasteiger partial charge in [-0.05, 0) is 30.3 Å². The molecule has 2 aromatic carbocycles. The summed E-state index contributed by atoms with van der Waals surface area (Å²) < 4.78 is 10.5. The Morgan fingerprint density at radius 3 is 2.19 bits per heavy atom. The van der Waals surface area contributed by atoms with E-state index in [4.69, 9.17) is 9.47 Å². The van der Waals surface area contributed by atoms with Crippen molar-refractivity contribution in [1.82, 2.24) is 10.2 Å². The number of ether oxygens (including phenoxy) is 2. The van der Waals surface area contributed by atoms with E-state index in [0.717, 1.165) is 11.3 Å². The molecule has 0 aliphatic heterocycles. The Balaban J connectivity index is 1.62. The summed E-state index contributed by atoms with van der Waals surface area (Å²) in [4.78, 5) is 12.4. The number of methoxy groups -OCH3 is 2. The molecule has 0 radical (unpaired) electrons. The summed E-state index contributed by atoms with van der Waals surface area (Å²) in [7, 11) is 3.16. The van der Waals surface area contributed by atoms with Crippen LogP contribution in [0.4, 0.5) is 11.6 Å². The zero-order valence-corrected chi connectivity index (χ0v) is 15.1. The average molecular weight is 364 g/mol. The SMILES string of the molecule is COc1ccccc1CNc1ccc(NC(=O)c2ccccc2OC)nn1. The smallest absolute Gasteiger partial charge is 0.260 e. The first-order valence-electron chi connectivity index (χ1n) is 8.35. The zero-order chi connectivity index (χ0) is 19.1. The lowest BCUT2D eigenvalue weighted by atomic mass is 10.2. The van der Waals surface area contributed by atoms with Gasteiger partial charge in [0.05, 0.1) is 19.8 Å². The second kappa shape index (κ2) is 8.66. The maximum Gasteiger partial charge on any atom is 0.260 e. The quantitative estimate of drug-likeness (QED) is 0.669. The van der Waals surface area contributed by atoms with Gasteiger partial charge in [-0.2, -0.15) is 0 Å². The van der Waals surface area contributed by atoms with Gasteiger partial charge in [-0.3, -0.25) is 4.79 Å². The molecule has 0 saturated carbocycles. The predicted molar refractivity (Wildman–Crippen MR) is 103 cm³/mol. The standard InChI is InChI=1S/C20H20N4O3/c1-26-16-9-5-3-7-14(16)13-21-18-11-12-19(24-23-18)22-20(25)15-8-4-6-10-17(15)27-2/h3-12H,13H2,1-2H3,(H,21,23)(H,22,24,25). The molecule has 138 valence electrons. The van der Waals surface area contributed by atoms with E-state index in [0.29, 0.717) is 29.5 Å². The number of carbonyl (C=O) groups is 1. The van der Waals surface area contributed by atoms with Gasteiger partial charge < -0.3 is 20.1 Å². The van der Waals surface area contributed by atoms with E-state index in [-0.39, 0.29) is 5.91 Å². The van der Waals surface area contributed by atoms with Gasteiger partial charge in [0.2, 0.25) is 0 Å². The fourth-order valence-corrected chi connectivity index (χ4v) is 2.54. The Kier molecular flexibility index (Phi) is 5.84. The minimum atomic E-state index is -0.309. The van der Waals surface area contributed by atoms with Crippen LogP contribution in [0.1, 0.15) is 15.9 Å². The third-order valence-corrected chi connectivity index (χ3v) is 3.91. The molecule has 1 amide bonds. The molecule has 0 unspecified atom stereocenters. The number of benzene rings is 2. The van der Waals surface area contributed by atoms with Gasteiger partial charge in [-0.15, -0.1) is 10.2 Å². The normalized spacial score (nSPS) is 10.1. The number of nitrogens with one attached hydrogen (secondary N) is 2. The molecule has 0 bridgehead atoms. The molecule has 3 aromatic rings. The molecule has 7 heteroatoms. The highest BCUT2D eigenvalue weighted by Crippen LogP contribution is 2.20. The number of nitrogens with zero attached hydrogens (tertiary/aromatic N) is 2. The molecule has 0 atom stereocenters. The van der Waals surface area contributed by atoms with Gasteiger partial charge in [-0.25, -0.2) is 0 Å². The van der Waals surface area contributed by atoms with Crippen molar-refractivity contribution >= 4 is 17.5 Å². The number of hydrogen-bond donors (Lipinski definition) is 2. The molecule has 0 saturated heterocycles. The van der Waals surface area contributed by atoms with Gasteiger partial charge in [0.1, 0.15) is 17.3 Å². The maximum atomic E-state index is 12.4. The maximum absolute atomic E-state index is 12.4. The van der Waals surface area contributed by atoms with E-state index < -0.39 is 0 Å². The summed E-state index contributed by atoms with van der Waals surface area (Å²) >= 11 is 0. The van der Waals surface area contributed by atoms with Gasteiger partial charge in [0.25, 0.3) is 5.91 Å². The van der Waals surface area contributed by atoms with Crippen molar-refractivity contribution < 1.29 is 14.3 Å². The third-order valence-electron chi connectivity index (χ3n) is 3.91. The third kappa shape index (κ3) is 4.52. The molecule has 0 aliphatic rings. The number of carbonyl (C=O) groups excluding carboxylic acids is 1. The van der Waals surface area contributed by atoms with Gasteiger partial charge in [0.15, 0.2) is 5.82 Å². The molecule has 2 N–H and O–H groups in total. The Morgan fingerprint density at radius 1 is 0.852 bits per heavy atom. The van der Waals surface area contributed by atoms with Gasteiger partial charge in [-0.1, -0.05) is 30.3 Å². The van der Waals surface area contributed by atoms with Crippen molar-refractivity contribution in [2.75, 3.05) is 24.9 Å². The Labute approximate surface area is 157 Å². The van der Waals surface area contributed by atoms with Crippen LogP contribution in [0.15, 0.2) is 60.7 Å². The first-order valence-corrected chi connectivity index (χ1v) is 8.35. The summed E-state index contributed by atoms with van der Waals surface area (Å²) in [6.07, 6.45) is 0. The fourth-order valence-electron chi connectivity index (χ4n) is 2.54. The van der Waals surface area contributed by atoms with Gasteiger partial charge >= 0.3 is 0 Å². The van der Waals surface area contributed by atoms with Crippen LogP contribution in [0.2, 0.25) is 0 Å². The summed E-state index contributed by atoms with van der Waals surface area (Å²) in [5, 5.41) is 14.0. The summed E-state index contributed by atoms with van der Waals surface area (Å²) in [5.74, 6) is 1.94. The van der Waals surface area contributed by atoms with Crippen molar-refractivity contribution in [1.29, 1.82) is 0 Å². The molecule has 27 heavy (non-hydrogen) atoms. The minimum Gasteiger partial charge on any atom is -0.496 e. The van der Waals surface area contributed by atoms with E-state index in [9.17, 15) is 4.79 Å². The van der Waals surface area contributed by atoms with Crippen molar-refractivity contribution in [3.8, 4) is 11.5 Å². The van der Waals surface area contributed by atoms with Crippen molar-refractivity contribution in [3.63, 3.8) is 0 Å².